The van der Waals surface area contributed by atoms with Crippen LogP contribution in [0.25, 0.3) is 0 Å². The molecule has 1 aromatic rings. The monoisotopic (exact) mass is 388 g/mol. The first-order valence-electron chi connectivity index (χ1n) is 11.1. The third-order valence-corrected chi connectivity index (χ3v) is 7.08. The fourth-order valence-electron chi connectivity index (χ4n) is 4.38. The summed E-state index contributed by atoms with van der Waals surface area (Å²) in [6.07, 6.45) is 14.3. The number of carbonyl (C=O) groups is 1. The molecule has 28 heavy (non-hydrogen) atoms. The van der Waals surface area contributed by atoms with Gasteiger partial charge in [-0.3, -0.25) is 4.79 Å². The zero-order valence-electron chi connectivity index (χ0n) is 17.3. The van der Waals surface area contributed by atoms with E-state index in [1.807, 2.05) is 0 Å². The Bertz CT molecular complexity index is 686. The van der Waals surface area contributed by atoms with Crippen molar-refractivity contribution in [3.8, 4) is 11.5 Å². The molecule has 3 N–H and O–H groups in total. The van der Waals surface area contributed by atoms with E-state index < -0.39 is 11.4 Å². The van der Waals surface area contributed by atoms with E-state index in [4.69, 9.17) is 0 Å². The topological polar surface area (TPSA) is 77.8 Å². The second-order valence-electron chi connectivity index (χ2n) is 9.58. The number of benzene rings is 1. The number of carboxylic acid groups (broad SMARTS) is 1. The number of hydrogen-bond donors (Lipinski definition) is 3. The molecule has 3 rings (SSSR count). The molecule has 0 radical (unpaired) electrons. The largest absolute Gasteiger partial charge is 0.508 e. The molecule has 2 fully saturated rings. The zero-order chi connectivity index (χ0) is 20.2. The van der Waals surface area contributed by atoms with Crippen LogP contribution >= 0.6 is 0 Å². The Labute approximate surface area is 169 Å². The maximum absolute atomic E-state index is 11.2. The normalized spacial score (nSPS) is 18.8. The number of aromatic hydroxyl groups is 2. The van der Waals surface area contributed by atoms with Crippen LogP contribution in [0.15, 0.2) is 12.1 Å². The van der Waals surface area contributed by atoms with Crippen LogP contribution in [0.2, 0.25) is 0 Å². The van der Waals surface area contributed by atoms with E-state index in [-0.39, 0.29) is 5.75 Å². The van der Waals surface area contributed by atoms with Gasteiger partial charge in [0.25, 0.3) is 0 Å². The average molecular weight is 389 g/mol. The second kappa shape index (κ2) is 8.75. The van der Waals surface area contributed by atoms with Gasteiger partial charge < -0.3 is 15.3 Å². The maximum Gasteiger partial charge on any atom is 0.309 e. The Morgan fingerprint density at radius 2 is 1.32 bits per heavy atom. The minimum Gasteiger partial charge on any atom is -0.508 e. The summed E-state index contributed by atoms with van der Waals surface area (Å²) in [7, 11) is 0. The smallest absolute Gasteiger partial charge is 0.309 e. The molecular formula is C24H36O4. The van der Waals surface area contributed by atoms with Gasteiger partial charge in [-0.05, 0) is 81.8 Å². The predicted octanol–water partition coefficient (Wildman–Crippen LogP) is 5.97. The molecule has 0 saturated heterocycles. The van der Waals surface area contributed by atoms with Crippen molar-refractivity contribution in [1.82, 2.24) is 0 Å². The molecule has 2 aliphatic carbocycles. The van der Waals surface area contributed by atoms with Crippen molar-refractivity contribution < 1.29 is 20.1 Å². The van der Waals surface area contributed by atoms with Gasteiger partial charge in [0.05, 0.1) is 5.41 Å². The molecule has 4 heteroatoms. The Morgan fingerprint density at radius 3 is 1.75 bits per heavy atom. The highest BCUT2D eigenvalue weighted by Crippen LogP contribution is 2.50. The van der Waals surface area contributed by atoms with Gasteiger partial charge >= 0.3 is 5.97 Å². The predicted molar refractivity (Wildman–Crippen MR) is 111 cm³/mol. The van der Waals surface area contributed by atoms with Crippen LogP contribution in [0.3, 0.4) is 0 Å². The SMILES string of the molecule is CC1(CCCCCc2c(O)ccc(O)c2CCCCCC2(C(=O)O)CC2)CC1. The van der Waals surface area contributed by atoms with E-state index in [0.29, 0.717) is 11.2 Å². The molecule has 0 amide bonds. The highest BCUT2D eigenvalue weighted by molar-refractivity contribution is 5.77. The first-order chi connectivity index (χ1) is 13.4. The Morgan fingerprint density at radius 1 is 0.821 bits per heavy atom. The molecule has 0 heterocycles. The Kier molecular flexibility index (Phi) is 6.57. The van der Waals surface area contributed by atoms with Crippen LogP contribution in [0, 0.1) is 10.8 Å². The summed E-state index contributed by atoms with van der Waals surface area (Å²) in [5.41, 5.74) is 1.96. The van der Waals surface area contributed by atoms with E-state index in [0.717, 1.165) is 68.9 Å². The van der Waals surface area contributed by atoms with Crippen molar-refractivity contribution in [2.45, 2.75) is 96.8 Å². The lowest BCUT2D eigenvalue weighted by atomic mass is 9.93. The molecule has 0 unspecified atom stereocenters. The van der Waals surface area contributed by atoms with Crippen molar-refractivity contribution in [2.75, 3.05) is 0 Å². The lowest BCUT2D eigenvalue weighted by Crippen LogP contribution is -2.14. The number of phenols is 2. The van der Waals surface area contributed by atoms with Crippen LogP contribution < -0.4 is 0 Å². The molecule has 1 aromatic carbocycles. The quantitative estimate of drug-likeness (QED) is 0.287. The number of rotatable bonds is 13. The summed E-state index contributed by atoms with van der Waals surface area (Å²) < 4.78 is 0. The highest BCUT2D eigenvalue weighted by Gasteiger charge is 2.49. The van der Waals surface area contributed by atoms with E-state index >= 15 is 0 Å². The molecule has 4 nitrogen and oxygen atoms in total. The van der Waals surface area contributed by atoms with Crippen molar-refractivity contribution >= 4 is 5.97 Å². The molecule has 0 aromatic heterocycles. The third kappa shape index (κ3) is 5.42. The van der Waals surface area contributed by atoms with Crippen LogP contribution in [0.1, 0.15) is 95.1 Å². The summed E-state index contributed by atoms with van der Waals surface area (Å²) in [6.45, 7) is 2.37. The van der Waals surface area contributed by atoms with Gasteiger partial charge in [-0.1, -0.05) is 32.6 Å². The average Bonchev–Trinajstić information content (AvgIpc) is 3.57. The van der Waals surface area contributed by atoms with Gasteiger partial charge in [0, 0.05) is 11.1 Å². The van der Waals surface area contributed by atoms with Crippen molar-refractivity contribution in [3.05, 3.63) is 23.3 Å². The molecule has 0 bridgehead atoms. The van der Waals surface area contributed by atoms with Crippen molar-refractivity contribution in [1.29, 1.82) is 0 Å². The van der Waals surface area contributed by atoms with Gasteiger partial charge in [-0.15, -0.1) is 0 Å². The van der Waals surface area contributed by atoms with Crippen LogP contribution in [-0.2, 0) is 17.6 Å². The number of phenolic OH excluding ortho intramolecular Hbond substituents is 2. The molecule has 0 spiro atoms. The van der Waals surface area contributed by atoms with Crippen LogP contribution in [0.5, 0.6) is 11.5 Å². The van der Waals surface area contributed by atoms with E-state index in [2.05, 4.69) is 6.92 Å². The molecule has 2 saturated carbocycles. The van der Waals surface area contributed by atoms with E-state index in [9.17, 15) is 20.1 Å². The lowest BCUT2D eigenvalue weighted by molar-refractivity contribution is -0.143. The number of aliphatic carboxylic acids is 1. The minimum atomic E-state index is -0.643. The van der Waals surface area contributed by atoms with Crippen molar-refractivity contribution in [2.24, 2.45) is 10.8 Å². The van der Waals surface area contributed by atoms with Crippen LogP contribution in [0.4, 0.5) is 0 Å². The summed E-state index contributed by atoms with van der Waals surface area (Å²) in [4.78, 5) is 11.2. The first-order valence-corrected chi connectivity index (χ1v) is 11.1. The van der Waals surface area contributed by atoms with Crippen LogP contribution in [-0.4, -0.2) is 21.3 Å². The number of unbranched alkanes of at least 4 members (excludes halogenated alkanes) is 4. The van der Waals surface area contributed by atoms with Gasteiger partial charge in [0.15, 0.2) is 0 Å². The molecule has 0 atom stereocenters. The summed E-state index contributed by atoms with van der Waals surface area (Å²) in [5.74, 6) is -0.0663. The van der Waals surface area contributed by atoms with E-state index in [1.54, 1.807) is 12.1 Å². The summed E-state index contributed by atoms with van der Waals surface area (Å²) in [5, 5.41) is 29.9. The van der Waals surface area contributed by atoms with E-state index in [1.165, 1.54) is 32.1 Å². The standard InChI is InChI=1S/C24H36O4/c1-23(14-15-23)12-6-2-4-8-18-19(21(26)11-10-20(18)25)9-5-3-7-13-24(16-17-24)22(27)28/h10-11,25-26H,2-9,12-17H2,1H3,(H,27,28). The fraction of sp³-hybridized carbons (Fsp3) is 0.708. The van der Waals surface area contributed by atoms with Gasteiger partial charge in [0.2, 0.25) is 0 Å². The molecular weight excluding hydrogens is 352 g/mol. The Hall–Kier alpha value is -1.71. The Balaban J connectivity index is 1.43. The second-order valence-corrected chi connectivity index (χ2v) is 9.58. The van der Waals surface area contributed by atoms with Gasteiger partial charge in [0.1, 0.15) is 11.5 Å². The fourth-order valence-corrected chi connectivity index (χ4v) is 4.38. The lowest BCUT2D eigenvalue weighted by Gasteiger charge is -2.14. The summed E-state index contributed by atoms with van der Waals surface area (Å²) in [6, 6.07) is 3.19. The molecule has 0 aliphatic heterocycles. The minimum absolute atomic E-state index is 0.280. The molecule has 2 aliphatic rings. The maximum atomic E-state index is 11.2. The number of carboxylic acids is 1. The highest BCUT2D eigenvalue weighted by atomic mass is 16.4. The first kappa shape index (κ1) is 21.0. The molecule has 156 valence electrons. The number of hydrogen-bond acceptors (Lipinski definition) is 3. The van der Waals surface area contributed by atoms with Gasteiger partial charge in [-0.25, -0.2) is 0 Å². The third-order valence-electron chi connectivity index (χ3n) is 7.08. The summed E-state index contributed by atoms with van der Waals surface area (Å²) >= 11 is 0. The van der Waals surface area contributed by atoms with Gasteiger partial charge in [-0.2, -0.15) is 0 Å². The van der Waals surface area contributed by atoms with Crippen molar-refractivity contribution in [3.63, 3.8) is 0 Å². The zero-order valence-corrected chi connectivity index (χ0v) is 17.3.